The highest BCUT2D eigenvalue weighted by Gasteiger charge is 2.31. The van der Waals surface area contributed by atoms with Gasteiger partial charge >= 0.3 is 0 Å². The quantitative estimate of drug-likeness (QED) is 0.780. The molecule has 1 aromatic heterocycles. The SMILES string of the molecule is Cc1c(-c2ccc(C#N)cc2C(F)F)nnc2c1CCCN2[C@@H]1CCCN(C)C1. The molecule has 0 unspecified atom stereocenters. The third-order valence-electron chi connectivity index (χ3n) is 6.13. The molecule has 2 aromatic rings. The zero-order valence-corrected chi connectivity index (χ0v) is 16.8. The number of rotatable bonds is 3. The van der Waals surface area contributed by atoms with Crippen molar-refractivity contribution in [3.05, 3.63) is 40.5 Å². The van der Waals surface area contributed by atoms with Gasteiger partial charge in [0, 0.05) is 35.8 Å². The molecule has 0 radical (unpaired) electrons. The number of alkyl halides is 2. The van der Waals surface area contributed by atoms with E-state index in [2.05, 4.69) is 27.0 Å². The van der Waals surface area contributed by atoms with Crippen LogP contribution < -0.4 is 4.90 Å². The summed E-state index contributed by atoms with van der Waals surface area (Å²) >= 11 is 0. The standard InChI is InChI=1S/C22H25F2N5/c1-14-17-6-4-10-29(16-5-3-9-28(2)13-16)22(17)27-26-20(14)18-8-7-15(12-25)11-19(18)21(23)24/h7-8,11,16,21H,3-6,9-10,13H2,1-2H3/t16-/m1/s1. The second-order valence-electron chi connectivity index (χ2n) is 8.05. The monoisotopic (exact) mass is 397 g/mol. The summed E-state index contributed by atoms with van der Waals surface area (Å²) in [6, 6.07) is 6.73. The number of hydrogen-bond acceptors (Lipinski definition) is 5. The minimum absolute atomic E-state index is 0.164. The van der Waals surface area contributed by atoms with Gasteiger partial charge in [-0.3, -0.25) is 0 Å². The van der Waals surface area contributed by atoms with Gasteiger partial charge in [-0.15, -0.1) is 10.2 Å². The second-order valence-corrected chi connectivity index (χ2v) is 8.05. The van der Waals surface area contributed by atoms with Crippen LogP contribution in [-0.2, 0) is 6.42 Å². The molecule has 1 atom stereocenters. The Balaban J connectivity index is 1.75. The van der Waals surface area contributed by atoms with Gasteiger partial charge in [-0.05, 0) is 63.9 Å². The van der Waals surface area contributed by atoms with Gasteiger partial charge in [-0.2, -0.15) is 5.26 Å². The van der Waals surface area contributed by atoms with Crippen LogP contribution in [0, 0.1) is 18.3 Å². The summed E-state index contributed by atoms with van der Waals surface area (Å²) in [5, 5.41) is 18.0. The van der Waals surface area contributed by atoms with Gasteiger partial charge in [-0.1, -0.05) is 6.07 Å². The van der Waals surface area contributed by atoms with E-state index in [9.17, 15) is 8.78 Å². The van der Waals surface area contributed by atoms with E-state index in [1.54, 1.807) is 12.1 Å². The number of piperidine rings is 1. The Morgan fingerprint density at radius 1 is 1.21 bits per heavy atom. The number of halogens is 2. The maximum absolute atomic E-state index is 13.7. The van der Waals surface area contributed by atoms with Crippen molar-refractivity contribution >= 4 is 5.82 Å². The van der Waals surface area contributed by atoms with E-state index in [1.807, 2.05) is 13.0 Å². The Hall–Kier alpha value is -2.59. The molecular formula is C22H25F2N5. The topological polar surface area (TPSA) is 56.1 Å². The van der Waals surface area contributed by atoms with Crippen molar-refractivity contribution in [1.29, 1.82) is 5.26 Å². The highest BCUT2D eigenvalue weighted by molar-refractivity contribution is 5.71. The Bertz CT molecular complexity index is 953. The van der Waals surface area contributed by atoms with E-state index >= 15 is 0 Å². The summed E-state index contributed by atoms with van der Waals surface area (Å²) in [7, 11) is 2.15. The van der Waals surface area contributed by atoms with Crippen LogP contribution in [0.1, 0.15) is 47.9 Å². The van der Waals surface area contributed by atoms with E-state index in [0.717, 1.165) is 55.8 Å². The number of hydrogen-bond donors (Lipinski definition) is 0. The minimum atomic E-state index is -2.68. The normalized spacial score (nSPS) is 19.9. The average molecular weight is 397 g/mol. The summed E-state index contributed by atoms with van der Waals surface area (Å²) < 4.78 is 27.3. The van der Waals surface area contributed by atoms with Crippen molar-refractivity contribution in [2.75, 3.05) is 31.6 Å². The molecule has 1 fully saturated rings. The molecular weight excluding hydrogens is 372 g/mol. The molecule has 0 bridgehead atoms. The number of nitrogens with zero attached hydrogens (tertiary/aromatic N) is 5. The Kier molecular flexibility index (Phi) is 5.46. The lowest BCUT2D eigenvalue weighted by molar-refractivity contribution is 0.152. The molecule has 2 aliphatic rings. The number of benzene rings is 1. The van der Waals surface area contributed by atoms with Crippen LogP contribution in [0.15, 0.2) is 18.2 Å². The smallest absolute Gasteiger partial charge is 0.264 e. The van der Waals surface area contributed by atoms with E-state index < -0.39 is 6.43 Å². The molecule has 0 N–H and O–H groups in total. The van der Waals surface area contributed by atoms with Crippen LogP contribution in [0.25, 0.3) is 11.3 Å². The van der Waals surface area contributed by atoms with Crippen molar-refractivity contribution in [3.63, 3.8) is 0 Å². The van der Waals surface area contributed by atoms with Crippen molar-refractivity contribution in [1.82, 2.24) is 15.1 Å². The van der Waals surface area contributed by atoms with Gasteiger partial charge in [0.1, 0.15) is 0 Å². The molecule has 0 aliphatic carbocycles. The molecule has 7 heteroatoms. The van der Waals surface area contributed by atoms with Gasteiger partial charge in [0.2, 0.25) is 0 Å². The molecule has 29 heavy (non-hydrogen) atoms. The van der Waals surface area contributed by atoms with Gasteiger partial charge in [0.15, 0.2) is 5.82 Å². The number of anilines is 1. The van der Waals surface area contributed by atoms with E-state index in [-0.39, 0.29) is 11.1 Å². The predicted octanol–water partition coefficient (Wildman–Crippen LogP) is 4.11. The average Bonchev–Trinajstić information content (AvgIpc) is 2.73. The zero-order chi connectivity index (χ0) is 20.5. The van der Waals surface area contributed by atoms with Crippen LogP contribution in [-0.4, -0.2) is 47.8 Å². The van der Waals surface area contributed by atoms with Crippen molar-refractivity contribution in [3.8, 4) is 17.3 Å². The van der Waals surface area contributed by atoms with Crippen LogP contribution in [0.5, 0.6) is 0 Å². The lowest BCUT2D eigenvalue weighted by atomic mass is 9.93. The molecule has 1 saturated heterocycles. The molecule has 4 rings (SSSR count). The summed E-state index contributed by atoms with van der Waals surface area (Å²) in [6.45, 7) is 5.04. The van der Waals surface area contributed by atoms with Gasteiger partial charge < -0.3 is 9.80 Å². The number of aromatic nitrogens is 2. The number of likely N-dealkylation sites (tertiary alicyclic amines) is 1. The first-order valence-electron chi connectivity index (χ1n) is 10.1. The third-order valence-corrected chi connectivity index (χ3v) is 6.13. The van der Waals surface area contributed by atoms with E-state index in [1.165, 1.54) is 12.5 Å². The van der Waals surface area contributed by atoms with E-state index in [0.29, 0.717) is 17.3 Å². The number of likely N-dealkylation sites (N-methyl/N-ethyl adjacent to an activating group) is 1. The Morgan fingerprint density at radius 2 is 2.03 bits per heavy atom. The molecule has 152 valence electrons. The lowest BCUT2D eigenvalue weighted by Crippen LogP contribution is -2.49. The van der Waals surface area contributed by atoms with E-state index in [4.69, 9.17) is 5.26 Å². The molecule has 1 aromatic carbocycles. The molecule has 5 nitrogen and oxygen atoms in total. The summed E-state index contributed by atoms with van der Waals surface area (Å²) in [5.41, 5.74) is 2.94. The van der Waals surface area contributed by atoms with Crippen LogP contribution >= 0.6 is 0 Å². The summed E-state index contributed by atoms with van der Waals surface area (Å²) in [6.07, 6.45) is 1.53. The van der Waals surface area contributed by atoms with Gasteiger partial charge in [0.05, 0.1) is 17.3 Å². The van der Waals surface area contributed by atoms with Crippen molar-refractivity contribution in [2.24, 2.45) is 0 Å². The first kappa shape index (κ1) is 19.7. The first-order valence-corrected chi connectivity index (χ1v) is 10.1. The Labute approximate surface area is 170 Å². The second kappa shape index (κ2) is 8.03. The van der Waals surface area contributed by atoms with Crippen molar-refractivity contribution < 1.29 is 8.78 Å². The van der Waals surface area contributed by atoms with Gasteiger partial charge in [-0.25, -0.2) is 8.78 Å². The Morgan fingerprint density at radius 3 is 2.76 bits per heavy atom. The first-order chi connectivity index (χ1) is 14.0. The highest BCUT2D eigenvalue weighted by atomic mass is 19.3. The lowest BCUT2D eigenvalue weighted by Gasteiger charge is -2.41. The fourth-order valence-electron chi connectivity index (χ4n) is 4.64. The minimum Gasteiger partial charge on any atom is -0.351 e. The predicted molar refractivity (Wildman–Crippen MR) is 108 cm³/mol. The molecule has 0 spiro atoms. The van der Waals surface area contributed by atoms with Crippen LogP contribution in [0.4, 0.5) is 14.6 Å². The van der Waals surface area contributed by atoms with Gasteiger partial charge in [0.25, 0.3) is 6.43 Å². The fraction of sp³-hybridized carbons (Fsp3) is 0.500. The summed E-state index contributed by atoms with van der Waals surface area (Å²) in [4.78, 5) is 4.72. The zero-order valence-electron chi connectivity index (χ0n) is 16.8. The maximum Gasteiger partial charge on any atom is 0.264 e. The summed E-state index contributed by atoms with van der Waals surface area (Å²) in [5.74, 6) is 0.907. The molecule has 2 aliphatic heterocycles. The largest absolute Gasteiger partial charge is 0.351 e. The van der Waals surface area contributed by atoms with Crippen LogP contribution in [0.2, 0.25) is 0 Å². The number of fused-ring (bicyclic) bond motifs is 1. The van der Waals surface area contributed by atoms with Crippen molar-refractivity contribution in [2.45, 2.75) is 45.1 Å². The molecule has 0 amide bonds. The van der Waals surface area contributed by atoms with Crippen LogP contribution in [0.3, 0.4) is 0 Å². The number of nitriles is 1. The highest BCUT2D eigenvalue weighted by Crippen LogP contribution is 2.37. The third kappa shape index (κ3) is 3.69. The fourth-order valence-corrected chi connectivity index (χ4v) is 4.64. The molecule has 0 saturated carbocycles. The maximum atomic E-state index is 13.7. The molecule has 3 heterocycles.